The number of nitro benzene ring substituents is 1. The van der Waals surface area contributed by atoms with E-state index in [1.807, 2.05) is 44.2 Å². The number of nitro groups is 1. The molecule has 7 nitrogen and oxygen atoms in total. The minimum Gasteiger partial charge on any atom is -0.338 e. The fourth-order valence-electron chi connectivity index (χ4n) is 3.47. The van der Waals surface area contributed by atoms with Crippen LogP contribution in [0.5, 0.6) is 0 Å². The van der Waals surface area contributed by atoms with Gasteiger partial charge in [0.15, 0.2) is 0 Å². The van der Waals surface area contributed by atoms with Gasteiger partial charge in [-0.05, 0) is 25.5 Å². The van der Waals surface area contributed by atoms with Crippen LogP contribution in [0.1, 0.15) is 29.8 Å². The molecule has 0 aliphatic carbocycles. The maximum Gasteiger partial charge on any atom is 0.282 e. The van der Waals surface area contributed by atoms with Crippen molar-refractivity contribution in [1.82, 2.24) is 9.80 Å². The summed E-state index contributed by atoms with van der Waals surface area (Å²) < 4.78 is 0. The van der Waals surface area contributed by atoms with Gasteiger partial charge in [-0.1, -0.05) is 42.5 Å². The first-order valence-corrected chi connectivity index (χ1v) is 9.20. The molecule has 0 radical (unpaired) electrons. The van der Waals surface area contributed by atoms with Gasteiger partial charge in [-0.25, -0.2) is 0 Å². The lowest BCUT2D eigenvalue weighted by molar-refractivity contribution is -0.385. The summed E-state index contributed by atoms with van der Waals surface area (Å²) >= 11 is 0. The number of hydrogen-bond donors (Lipinski definition) is 0. The Balaban J connectivity index is 1.69. The number of hydrogen-bond acceptors (Lipinski definition) is 4. The SMILES string of the molecule is CC(C)(C(=O)N1CCN(C(=O)c2ccccc2[N+](=O)[O-])CC1)c1ccccc1. The maximum atomic E-state index is 13.0. The molecule has 1 fully saturated rings. The van der Waals surface area contributed by atoms with Crippen LogP contribution in [0.4, 0.5) is 5.69 Å². The first kappa shape index (κ1) is 19.5. The molecular formula is C21H23N3O4. The molecule has 1 saturated heterocycles. The Kier molecular flexibility index (Phi) is 5.44. The van der Waals surface area contributed by atoms with Gasteiger partial charge in [-0.3, -0.25) is 19.7 Å². The van der Waals surface area contributed by atoms with Gasteiger partial charge >= 0.3 is 0 Å². The topological polar surface area (TPSA) is 83.8 Å². The van der Waals surface area contributed by atoms with Crippen LogP contribution in [0.15, 0.2) is 54.6 Å². The molecule has 0 unspecified atom stereocenters. The molecule has 0 spiro atoms. The van der Waals surface area contributed by atoms with E-state index in [1.165, 1.54) is 18.2 Å². The van der Waals surface area contributed by atoms with Crippen molar-refractivity contribution in [2.75, 3.05) is 26.2 Å². The summed E-state index contributed by atoms with van der Waals surface area (Å²) in [6, 6.07) is 15.6. The number of para-hydroxylation sites is 1. The standard InChI is InChI=1S/C21H23N3O4/c1-21(2,16-8-4-3-5-9-16)20(26)23-14-12-22(13-15-23)19(25)17-10-6-7-11-18(17)24(27)28/h3-11H,12-15H2,1-2H3. The largest absolute Gasteiger partial charge is 0.338 e. The van der Waals surface area contributed by atoms with Crippen molar-refractivity contribution < 1.29 is 14.5 Å². The molecule has 1 aliphatic heterocycles. The number of amides is 2. The quantitative estimate of drug-likeness (QED) is 0.602. The van der Waals surface area contributed by atoms with Crippen LogP contribution in [0.25, 0.3) is 0 Å². The van der Waals surface area contributed by atoms with E-state index in [0.717, 1.165) is 5.56 Å². The molecular weight excluding hydrogens is 358 g/mol. The van der Waals surface area contributed by atoms with E-state index in [-0.39, 0.29) is 23.1 Å². The zero-order chi connectivity index (χ0) is 20.3. The van der Waals surface area contributed by atoms with E-state index in [1.54, 1.807) is 15.9 Å². The maximum absolute atomic E-state index is 13.0. The van der Waals surface area contributed by atoms with Crippen molar-refractivity contribution in [3.05, 3.63) is 75.8 Å². The van der Waals surface area contributed by atoms with Gasteiger partial charge in [-0.15, -0.1) is 0 Å². The van der Waals surface area contributed by atoms with Crippen LogP contribution >= 0.6 is 0 Å². The fraction of sp³-hybridized carbons (Fsp3) is 0.333. The second kappa shape index (κ2) is 7.80. The smallest absolute Gasteiger partial charge is 0.282 e. The fourth-order valence-corrected chi connectivity index (χ4v) is 3.47. The zero-order valence-corrected chi connectivity index (χ0v) is 16.0. The Hall–Kier alpha value is -3.22. The van der Waals surface area contributed by atoms with Crippen LogP contribution in [0.3, 0.4) is 0 Å². The van der Waals surface area contributed by atoms with Crippen molar-refractivity contribution in [2.24, 2.45) is 0 Å². The predicted molar refractivity (Wildman–Crippen MR) is 105 cm³/mol. The summed E-state index contributed by atoms with van der Waals surface area (Å²) in [5.74, 6) is -0.363. The molecule has 0 saturated carbocycles. The van der Waals surface area contributed by atoms with Crippen molar-refractivity contribution >= 4 is 17.5 Å². The van der Waals surface area contributed by atoms with Crippen LogP contribution in [0, 0.1) is 10.1 Å². The van der Waals surface area contributed by atoms with Crippen molar-refractivity contribution in [2.45, 2.75) is 19.3 Å². The summed E-state index contributed by atoms with van der Waals surface area (Å²) in [7, 11) is 0. The molecule has 0 atom stereocenters. The molecule has 7 heteroatoms. The van der Waals surface area contributed by atoms with E-state index < -0.39 is 10.3 Å². The van der Waals surface area contributed by atoms with Gasteiger partial charge in [0.2, 0.25) is 5.91 Å². The number of carbonyl (C=O) groups excluding carboxylic acids is 2. The van der Waals surface area contributed by atoms with Gasteiger partial charge in [0.05, 0.1) is 10.3 Å². The Morgan fingerprint density at radius 2 is 1.43 bits per heavy atom. The molecule has 146 valence electrons. The lowest BCUT2D eigenvalue weighted by Crippen LogP contribution is -2.54. The third-order valence-electron chi connectivity index (χ3n) is 5.22. The average Bonchev–Trinajstić information content (AvgIpc) is 2.73. The molecule has 0 aromatic heterocycles. The number of rotatable bonds is 4. The van der Waals surface area contributed by atoms with Crippen molar-refractivity contribution in [3.63, 3.8) is 0 Å². The first-order chi connectivity index (χ1) is 13.3. The lowest BCUT2D eigenvalue weighted by atomic mass is 9.83. The average molecular weight is 381 g/mol. The summed E-state index contributed by atoms with van der Waals surface area (Å²) in [6.45, 7) is 5.30. The third kappa shape index (κ3) is 3.74. The Bertz CT molecular complexity index is 888. The number of carbonyl (C=O) groups is 2. The highest BCUT2D eigenvalue weighted by Crippen LogP contribution is 2.27. The van der Waals surface area contributed by atoms with Crippen LogP contribution in [-0.4, -0.2) is 52.7 Å². The number of piperazine rings is 1. The second-order valence-electron chi connectivity index (χ2n) is 7.35. The van der Waals surface area contributed by atoms with Gasteiger partial charge in [-0.2, -0.15) is 0 Å². The summed E-state index contributed by atoms with van der Waals surface area (Å²) in [5, 5.41) is 11.2. The minimum absolute atomic E-state index is 0.0106. The molecule has 1 aliphatic rings. The molecule has 2 amide bonds. The molecule has 0 bridgehead atoms. The van der Waals surface area contributed by atoms with Gasteiger partial charge in [0.1, 0.15) is 5.56 Å². The van der Waals surface area contributed by atoms with Crippen LogP contribution in [-0.2, 0) is 10.2 Å². The second-order valence-corrected chi connectivity index (χ2v) is 7.35. The summed E-state index contributed by atoms with van der Waals surface area (Å²) in [6.07, 6.45) is 0. The zero-order valence-electron chi connectivity index (χ0n) is 16.0. The molecule has 1 heterocycles. The molecule has 28 heavy (non-hydrogen) atoms. The van der Waals surface area contributed by atoms with Gasteiger partial charge in [0.25, 0.3) is 11.6 Å². The summed E-state index contributed by atoms with van der Waals surface area (Å²) in [4.78, 5) is 39.7. The van der Waals surface area contributed by atoms with E-state index in [2.05, 4.69) is 0 Å². The highest BCUT2D eigenvalue weighted by atomic mass is 16.6. The van der Waals surface area contributed by atoms with E-state index in [4.69, 9.17) is 0 Å². The van der Waals surface area contributed by atoms with E-state index in [9.17, 15) is 19.7 Å². The number of nitrogens with zero attached hydrogens (tertiary/aromatic N) is 3. The van der Waals surface area contributed by atoms with Crippen molar-refractivity contribution in [1.29, 1.82) is 0 Å². The van der Waals surface area contributed by atoms with Gasteiger partial charge in [0, 0.05) is 32.2 Å². The molecule has 2 aromatic rings. The Morgan fingerprint density at radius 3 is 2.04 bits per heavy atom. The van der Waals surface area contributed by atoms with E-state index in [0.29, 0.717) is 26.2 Å². The van der Waals surface area contributed by atoms with Crippen LogP contribution in [0.2, 0.25) is 0 Å². The monoisotopic (exact) mass is 381 g/mol. The number of benzene rings is 2. The molecule has 3 rings (SSSR count). The predicted octanol–water partition coefficient (Wildman–Crippen LogP) is 2.86. The summed E-state index contributed by atoms with van der Waals surface area (Å²) in [5.41, 5.74) is 0.164. The normalized spacial score (nSPS) is 14.6. The van der Waals surface area contributed by atoms with Crippen molar-refractivity contribution in [3.8, 4) is 0 Å². The van der Waals surface area contributed by atoms with Crippen LogP contribution < -0.4 is 0 Å². The highest BCUT2D eigenvalue weighted by Gasteiger charge is 2.36. The lowest BCUT2D eigenvalue weighted by Gasteiger charge is -2.38. The first-order valence-electron chi connectivity index (χ1n) is 9.20. The van der Waals surface area contributed by atoms with E-state index >= 15 is 0 Å². The Labute approximate surface area is 163 Å². The Morgan fingerprint density at radius 1 is 0.893 bits per heavy atom. The van der Waals surface area contributed by atoms with Gasteiger partial charge < -0.3 is 9.80 Å². The molecule has 2 aromatic carbocycles. The molecule has 0 N–H and O–H groups in total. The highest BCUT2D eigenvalue weighted by molar-refractivity contribution is 5.98. The third-order valence-corrected chi connectivity index (χ3v) is 5.22. The minimum atomic E-state index is -0.661.